The molecule has 0 aliphatic rings. The van der Waals surface area contributed by atoms with E-state index in [0.29, 0.717) is 0 Å². The summed E-state index contributed by atoms with van der Waals surface area (Å²) >= 11 is 5.60. The molecule has 0 radical (unpaired) electrons. The smallest absolute Gasteiger partial charge is 0.229 e. The van der Waals surface area contributed by atoms with Gasteiger partial charge in [0.25, 0.3) is 0 Å². The number of rotatable bonds is 2. The van der Waals surface area contributed by atoms with Gasteiger partial charge < -0.3 is 10.2 Å². The second kappa shape index (κ2) is 3.67. The number of phenolic OH excluding ortho intramolecular Hbond substituents is 2. The highest BCUT2D eigenvalue weighted by Crippen LogP contribution is 2.31. The van der Waals surface area contributed by atoms with E-state index in [0.717, 1.165) is 19.1 Å². The minimum Gasteiger partial charge on any atom is -0.504 e. The number of hydrogen-bond acceptors (Lipinski definition) is 4. The molecule has 0 aliphatic heterocycles. The predicted molar refractivity (Wildman–Crippen MR) is 49.8 cm³/mol. The highest BCUT2D eigenvalue weighted by atomic mass is 35.5. The molecule has 0 heterocycles. The zero-order valence-electron chi connectivity index (χ0n) is 7.24. The molecule has 0 aliphatic carbocycles. The number of ketones is 2. The van der Waals surface area contributed by atoms with Crippen molar-refractivity contribution in [3.05, 3.63) is 22.7 Å². The molecule has 2 N–H and O–H groups in total. The van der Waals surface area contributed by atoms with Gasteiger partial charge in [-0.25, -0.2) is 0 Å². The third-order valence-corrected chi connectivity index (χ3v) is 1.94. The largest absolute Gasteiger partial charge is 0.504 e. The number of halogens is 1. The minimum absolute atomic E-state index is 0.0690. The molecule has 5 heteroatoms. The predicted octanol–water partition coefficient (Wildman–Crippen LogP) is 1.52. The summed E-state index contributed by atoms with van der Waals surface area (Å²) in [4.78, 5) is 21.9. The first-order valence-electron chi connectivity index (χ1n) is 3.70. The Kier molecular flexibility index (Phi) is 2.76. The van der Waals surface area contributed by atoms with Crippen LogP contribution in [0.4, 0.5) is 0 Å². The van der Waals surface area contributed by atoms with Crippen molar-refractivity contribution in [2.45, 2.75) is 6.92 Å². The molecule has 0 fully saturated rings. The first-order valence-corrected chi connectivity index (χ1v) is 4.08. The molecule has 14 heavy (non-hydrogen) atoms. The molecule has 0 bridgehead atoms. The van der Waals surface area contributed by atoms with Crippen LogP contribution in [0.2, 0.25) is 5.02 Å². The number of carbonyl (C=O) groups excluding carboxylic acids is 2. The number of aromatic hydroxyl groups is 2. The second-order valence-corrected chi connectivity index (χ2v) is 3.11. The topological polar surface area (TPSA) is 74.6 Å². The zero-order valence-corrected chi connectivity index (χ0v) is 8.00. The Labute approximate surface area is 84.7 Å². The number of carbonyl (C=O) groups is 2. The summed E-state index contributed by atoms with van der Waals surface area (Å²) in [7, 11) is 0. The minimum atomic E-state index is -0.801. The van der Waals surface area contributed by atoms with Crippen LogP contribution in [0.3, 0.4) is 0 Å². The van der Waals surface area contributed by atoms with Gasteiger partial charge in [-0.3, -0.25) is 9.59 Å². The average molecular weight is 215 g/mol. The van der Waals surface area contributed by atoms with E-state index in [9.17, 15) is 9.59 Å². The monoisotopic (exact) mass is 214 g/mol. The summed E-state index contributed by atoms with van der Waals surface area (Å²) in [6.45, 7) is 1.10. The quantitative estimate of drug-likeness (QED) is 0.445. The van der Waals surface area contributed by atoms with Gasteiger partial charge in [-0.2, -0.15) is 0 Å². The Morgan fingerprint density at radius 3 is 2.21 bits per heavy atom. The van der Waals surface area contributed by atoms with Crippen LogP contribution < -0.4 is 0 Å². The van der Waals surface area contributed by atoms with Crippen LogP contribution in [0.1, 0.15) is 17.3 Å². The van der Waals surface area contributed by atoms with Gasteiger partial charge in [0.15, 0.2) is 17.3 Å². The molecule has 0 aromatic heterocycles. The maximum Gasteiger partial charge on any atom is 0.229 e. The summed E-state index contributed by atoms with van der Waals surface area (Å²) in [5.74, 6) is -2.41. The van der Waals surface area contributed by atoms with Crippen molar-refractivity contribution in [1.29, 1.82) is 0 Å². The Bertz CT molecular complexity index is 412. The molecule has 0 atom stereocenters. The lowest BCUT2D eigenvalue weighted by molar-refractivity contribution is -0.113. The first kappa shape index (κ1) is 10.5. The molecule has 0 spiro atoms. The molecule has 1 aromatic carbocycles. The van der Waals surface area contributed by atoms with E-state index in [-0.39, 0.29) is 10.6 Å². The van der Waals surface area contributed by atoms with Gasteiger partial charge in [0.1, 0.15) is 0 Å². The molecule has 0 unspecified atom stereocenters. The number of phenols is 2. The zero-order chi connectivity index (χ0) is 10.9. The van der Waals surface area contributed by atoms with E-state index in [1.54, 1.807) is 0 Å². The molecule has 74 valence electrons. The Morgan fingerprint density at radius 2 is 1.71 bits per heavy atom. The summed E-state index contributed by atoms with van der Waals surface area (Å²) in [5, 5.41) is 18.0. The van der Waals surface area contributed by atoms with E-state index in [4.69, 9.17) is 21.8 Å². The average Bonchev–Trinajstić information content (AvgIpc) is 2.10. The van der Waals surface area contributed by atoms with Gasteiger partial charge in [-0.15, -0.1) is 0 Å². The van der Waals surface area contributed by atoms with Crippen molar-refractivity contribution in [3.63, 3.8) is 0 Å². The van der Waals surface area contributed by atoms with Crippen molar-refractivity contribution in [2.24, 2.45) is 0 Å². The molecule has 0 amide bonds. The molecular weight excluding hydrogens is 208 g/mol. The van der Waals surface area contributed by atoms with E-state index in [1.807, 2.05) is 0 Å². The van der Waals surface area contributed by atoms with Gasteiger partial charge in [0, 0.05) is 18.6 Å². The molecule has 4 nitrogen and oxygen atoms in total. The van der Waals surface area contributed by atoms with Crippen LogP contribution in [0.5, 0.6) is 11.5 Å². The third-order valence-electron chi connectivity index (χ3n) is 1.63. The maximum atomic E-state index is 11.2. The van der Waals surface area contributed by atoms with Gasteiger partial charge in [0.2, 0.25) is 5.78 Å². The normalized spacial score (nSPS) is 9.86. The summed E-state index contributed by atoms with van der Waals surface area (Å²) in [5.41, 5.74) is -0.116. The lowest BCUT2D eigenvalue weighted by Crippen LogP contribution is -2.10. The molecule has 0 saturated carbocycles. The van der Waals surface area contributed by atoms with Crippen molar-refractivity contribution in [2.75, 3.05) is 0 Å². The van der Waals surface area contributed by atoms with Crippen LogP contribution in [-0.4, -0.2) is 21.8 Å². The first-order chi connectivity index (χ1) is 6.43. The number of hydrogen-bond donors (Lipinski definition) is 2. The van der Waals surface area contributed by atoms with Crippen LogP contribution in [0, 0.1) is 0 Å². The molecule has 0 saturated heterocycles. The Balaban J connectivity index is 3.29. The van der Waals surface area contributed by atoms with Crippen molar-refractivity contribution in [1.82, 2.24) is 0 Å². The fraction of sp³-hybridized carbons (Fsp3) is 0.111. The highest BCUT2D eigenvalue weighted by molar-refractivity contribution is 6.47. The van der Waals surface area contributed by atoms with Crippen molar-refractivity contribution >= 4 is 23.2 Å². The Hall–Kier alpha value is -1.55. The van der Waals surface area contributed by atoms with Crippen LogP contribution in [0.25, 0.3) is 0 Å². The third kappa shape index (κ3) is 1.85. The van der Waals surface area contributed by atoms with Gasteiger partial charge in [0.05, 0.1) is 5.02 Å². The van der Waals surface area contributed by atoms with Crippen LogP contribution in [-0.2, 0) is 4.79 Å². The summed E-state index contributed by atoms with van der Waals surface area (Å²) < 4.78 is 0. The van der Waals surface area contributed by atoms with E-state index < -0.39 is 23.1 Å². The SMILES string of the molecule is CC(=O)C(=O)c1cc(O)c(O)cc1Cl. The van der Waals surface area contributed by atoms with Gasteiger partial charge in [-0.05, 0) is 6.07 Å². The van der Waals surface area contributed by atoms with Crippen LogP contribution in [0.15, 0.2) is 12.1 Å². The standard InChI is InChI=1S/C9H7ClO4/c1-4(11)9(14)5-2-7(12)8(13)3-6(5)10/h2-3,12-13H,1H3. The number of Topliss-reactive ketones (excluding diaryl/α,β-unsaturated/α-hetero) is 2. The lowest BCUT2D eigenvalue weighted by Gasteiger charge is -2.03. The van der Waals surface area contributed by atoms with Gasteiger partial charge in [-0.1, -0.05) is 11.6 Å². The van der Waals surface area contributed by atoms with E-state index >= 15 is 0 Å². The summed E-state index contributed by atoms with van der Waals surface area (Å²) in [6, 6.07) is 1.97. The Morgan fingerprint density at radius 1 is 1.21 bits per heavy atom. The molecular formula is C9H7ClO4. The van der Waals surface area contributed by atoms with Crippen molar-refractivity contribution in [3.8, 4) is 11.5 Å². The van der Waals surface area contributed by atoms with E-state index in [2.05, 4.69) is 0 Å². The fourth-order valence-corrected chi connectivity index (χ4v) is 1.16. The number of benzene rings is 1. The van der Waals surface area contributed by atoms with E-state index in [1.165, 1.54) is 0 Å². The highest BCUT2D eigenvalue weighted by Gasteiger charge is 2.17. The summed E-state index contributed by atoms with van der Waals surface area (Å²) in [6.07, 6.45) is 0. The second-order valence-electron chi connectivity index (χ2n) is 2.71. The molecule has 1 rings (SSSR count). The van der Waals surface area contributed by atoms with Gasteiger partial charge >= 0.3 is 0 Å². The fourth-order valence-electron chi connectivity index (χ4n) is 0.915. The van der Waals surface area contributed by atoms with Crippen molar-refractivity contribution < 1.29 is 19.8 Å². The lowest BCUT2D eigenvalue weighted by atomic mass is 10.1. The van der Waals surface area contributed by atoms with Crippen LogP contribution >= 0.6 is 11.6 Å². The maximum absolute atomic E-state index is 11.2. The molecule has 1 aromatic rings.